The second kappa shape index (κ2) is 16.8. The van der Waals surface area contributed by atoms with Crippen LogP contribution in [0.2, 0.25) is 0 Å². The van der Waals surface area contributed by atoms with Gasteiger partial charge < -0.3 is 15.0 Å². The van der Waals surface area contributed by atoms with E-state index < -0.39 is 12.0 Å². The van der Waals surface area contributed by atoms with Crippen LogP contribution in [-0.2, 0) is 14.3 Å². The Labute approximate surface area is 275 Å². The number of rotatable bonds is 12. The van der Waals surface area contributed by atoms with E-state index in [9.17, 15) is 18.8 Å². The Morgan fingerprint density at radius 1 is 1.09 bits per heavy atom. The van der Waals surface area contributed by atoms with E-state index in [1.807, 2.05) is 24.5 Å². The zero-order valence-electron chi connectivity index (χ0n) is 27.0. The minimum atomic E-state index is -0.775. The SMILES string of the molecule is CSCC[C@H](NC(=O)c1ccc(/C=C/[C@@H]2C[C@H](SC(=O)C3CCN(C)CC3)CN2C)cc1-c1ccc(F)cc1)C(=O)OC(C)C. The van der Waals surface area contributed by atoms with E-state index in [1.165, 1.54) is 23.9 Å². The summed E-state index contributed by atoms with van der Waals surface area (Å²) >= 11 is 3.11. The van der Waals surface area contributed by atoms with Gasteiger partial charge in [-0.2, -0.15) is 11.8 Å². The molecule has 0 saturated carbocycles. The predicted molar refractivity (Wildman–Crippen MR) is 184 cm³/mol. The fourth-order valence-corrected chi connectivity index (χ4v) is 7.62. The molecular formula is C35H46FN3O4S2. The molecule has 2 aliphatic heterocycles. The highest BCUT2D eigenvalue weighted by atomic mass is 32.2. The van der Waals surface area contributed by atoms with E-state index in [2.05, 4.69) is 35.3 Å². The van der Waals surface area contributed by atoms with Gasteiger partial charge in [0.2, 0.25) is 0 Å². The van der Waals surface area contributed by atoms with Gasteiger partial charge in [0.25, 0.3) is 5.91 Å². The third-order valence-corrected chi connectivity index (χ3v) is 10.3. The van der Waals surface area contributed by atoms with Gasteiger partial charge in [-0.3, -0.25) is 14.5 Å². The van der Waals surface area contributed by atoms with Crippen LogP contribution < -0.4 is 5.32 Å². The molecule has 0 aliphatic carbocycles. The summed E-state index contributed by atoms with van der Waals surface area (Å²) in [5, 5.41) is 3.48. The predicted octanol–water partition coefficient (Wildman–Crippen LogP) is 5.98. The molecule has 2 heterocycles. The summed E-state index contributed by atoms with van der Waals surface area (Å²) in [4.78, 5) is 43.9. The van der Waals surface area contributed by atoms with Crippen molar-refractivity contribution in [3.05, 3.63) is 65.5 Å². The third-order valence-electron chi connectivity index (χ3n) is 8.40. The third kappa shape index (κ3) is 10.2. The van der Waals surface area contributed by atoms with Crippen molar-refractivity contribution in [3.63, 3.8) is 0 Å². The first-order chi connectivity index (χ1) is 21.5. The number of likely N-dealkylation sites (N-methyl/N-ethyl adjacent to an activating group) is 1. The van der Waals surface area contributed by atoms with Gasteiger partial charge in [-0.1, -0.05) is 42.1 Å². The Morgan fingerprint density at radius 3 is 2.47 bits per heavy atom. The molecule has 7 nitrogen and oxygen atoms in total. The number of esters is 1. The van der Waals surface area contributed by atoms with Crippen LogP contribution in [0.1, 0.15) is 55.5 Å². The maximum Gasteiger partial charge on any atom is 0.328 e. The molecule has 0 unspecified atom stereocenters. The Balaban J connectivity index is 1.49. The summed E-state index contributed by atoms with van der Waals surface area (Å²) in [5.41, 5.74) is 2.64. The lowest BCUT2D eigenvalue weighted by Gasteiger charge is -2.28. The van der Waals surface area contributed by atoms with Gasteiger partial charge in [0.15, 0.2) is 5.12 Å². The molecular weight excluding hydrogens is 610 g/mol. The molecule has 2 aliphatic rings. The quantitative estimate of drug-likeness (QED) is 0.280. The number of hydrogen-bond donors (Lipinski definition) is 1. The van der Waals surface area contributed by atoms with Crippen molar-refractivity contribution < 1.29 is 23.5 Å². The summed E-state index contributed by atoms with van der Waals surface area (Å²) in [6.07, 6.45) is 9.09. The first-order valence-electron chi connectivity index (χ1n) is 15.7. The van der Waals surface area contributed by atoms with Crippen LogP contribution >= 0.6 is 23.5 Å². The molecule has 10 heteroatoms. The first kappa shape index (κ1) is 35.2. The van der Waals surface area contributed by atoms with Gasteiger partial charge in [0, 0.05) is 29.3 Å². The fraction of sp³-hybridized carbons (Fsp3) is 0.514. The number of halogens is 1. The second-order valence-corrected chi connectivity index (χ2v) is 14.6. The topological polar surface area (TPSA) is 79.0 Å². The van der Waals surface area contributed by atoms with Gasteiger partial charge in [-0.25, -0.2) is 9.18 Å². The lowest BCUT2D eigenvalue weighted by molar-refractivity contribution is -0.149. The molecule has 0 radical (unpaired) electrons. The van der Waals surface area contributed by atoms with E-state index in [0.717, 1.165) is 44.5 Å². The lowest BCUT2D eigenvalue weighted by atomic mass is 9.96. The number of benzene rings is 2. The van der Waals surface area contributed by atoms with Crippen molar-refractivity contribution in [1.29, 1.82) is 0 Å². The highest BCUT2D eigenvalue weighted by molar-refractivity contribution is 8.14. The van der Waals surface area contributed by atoms with Crippen LogP contribution in [0, 0.1) is 11.7 Å². The monoisotopic (exact) mass is 655 g/mol. The molecule has 4 rings (SSSR count). The average molecular weight is 656 g/mol. The number of carbonyl (C=O) groups excluding carboxylic acids is 3. The molecule has 2 aromatic rings. The number of likely N-dealkylation sites (tertiary alicyclic amines) is 2. The molecule has 2 fully saturated rings. The minimum absolute atomic E-state index is 0.161. The summed E-state index contributed by atoms with van der Waals surface area (Å²) in [5.74, 6) is -0.357. The molecule has 1 amide bonds. The Bertz CT molecular complexity index is 1340. The number of piperidine rings is 1. The van der Waals surface area contributed by atoms with Gasteiger partial charge in [-0.15, -0.1) is 0 Å². The number of amides is 1. The molecule has 0 aromatic heterocycles. The van der Waals surface area contributed by atoms with E-state index in [0.29, 0.717) is 34.0 Å². The number of carbonyl (C=O) groups is 3. The molecule has 3 atom stereocenters. The van der Waals surface area contributed by atoms with Gasteiger partial charge in [0.05, 0.1) is 6.10 Å². The van der Waals surface area contributed by atoms with E-state index in [1.54, 1.807) is 43.8 Å². The van der Waals surface area contributed by atoms with Crippen LogP contribution in [0.4, 0.5) is 4.39 Å². The first-order valence-corrected chi connectivity index (χ1v) is 18.0. The zero-order chi connectivity index (χ0) is 32.5. The molecule has 2 saturated heterocycles. The number of ether oxygens (including phenoxy) is 1. The Kier molecular flexibility index (Phi) is 13.1. The average Bonchev–Trinajstić information content (AvgIpc) is 3.36. The van der Waals surface area contributed by atoms with Crippen LogP contribution in [0.3, 0.4) is 0 Å². The smallest absolute Gasteiger partial charge is 0.328 e. The largest absolute Gasteiger partial charge is 0.461 e. The summed E-state index contributed by atoms with van der Waals surface area (Å²) in [6.45, 7) is 6.38. The lowest BCUT2D eigenvalue weighted by Crippen LogP contribution is -2.43. The van der Waals surface area contributed by atoms with Crippen molar-refractivity contribution in [2.45, 2.75) is 63.0 Å². The zero-order valence-corrected chi connectivity index (χ0v) is 28.6. The second-order valence-electron chi connectivity index (χ2n) is 12.3. The van der Waals surface area contributed by atoms with Crippen LogP contribution in [0.25, 0.3) is 17.2 Å². The maximum atomic E-state index is 13.8. The van der Waals surface area contributed by atoms with Crippen molar-refractivity contribution in [3.8, 4) is 11.1 Å². The standard InChI is InChI=1S/C35H46FN3O4S2/c1-23(2)43-34(41)32(16-19-44-5)37-33(40)30-13-7-24(20-31(30)25-8-10-27(36)11-9-25)6-12-28-21-29(22-39(28)4)45-35(42)26-14-17-38(3)18-15-26/h6-13,20,23,26,28-29,32H,14-19,21-22H2,1-5H3,(H,37,40)/b12-6+/t28-,29+,32+/m1/s1. The van der Waals surface area contributed by atoms with E-state index >= 15 is 0 Å². The van der Waals surface area contributed by atoms with Gasteiger partial charge >= 0.3 is 5.97 Å². The number of nitrogens with one attached hydrogen (secondary N) is 1. The number of hydrogen-bond acceptors (Lipinski definition) is 8. The highest BCUT2D eigenvalue weighted by Crippen LogP contribution is 2.33. The maximum absolute atomic E-state index is 13.8. The van der Waals surface area contributed by atoms with Crippen molar-refractivity contribution in [2.24, 2.45) is 5.92 Å². The Hall–Kier alpha value is -2.66. The van der Waals surface area contributed by atoms with E-state index in [4.69, 9.17) is 4.74 Å². The molecule has 0 bridgehead atoms. The minimum Gasteiger partial charge on any atom is -0.461 e. The van der Waals surface area contributed by atoms with Crippen molar-refractivity contribution >= 4 is 46.6 Å². The fourth-order valence-electron chi connectivity index (χ4n) is 5.79. The summed E-state index contributed by atoms with van der Waals surface area (Å²) < 4.78 is 19.2. The van der Waals surface area contributed by atoms with Gasteiger partial charge in [-0.05, 0) is 120 Å². The molecule has 1 N–H and O–H groups in total. The Morgan fingerprint density at radius 2 is 1.80 bits per heavy atom. The highest BCUT2D eigenvalue weighted by Gasteiger charge is 2.33. The molecule has 0 spiro atoms. The van der Waals surface area contributed by atoms with E-state index in [-0.39, 0.29) is 35.0 Å². The van der Waals surface area contributed by atoms with Crippen molar-refractivity contribution in [2.75, 3.05) is 45.7 Å². The van der Waals surface area contributed by atoms with Crippen LogP contribution in [0.5, 0.6) is 0 Å². The molecule has 45 heavy (non-hydrogen) atoms. The van der Waals surface area contributed by atoms with Gasteiger partial charge in [0.1, 0.15) is 11.9 Å². The molecule has 244 valence electrons. The van der Waals surface area contributed by atoms with Crippen molar-refractivity contribution in [1.82, 2.24) is 15.1 Å². The van der Waals surface area contributed by atoms with Crippen LogP contribution in [0.15, 0.2) is 48.5 Å². The number of nitrogens with zero attached hydrogens (tertiary/aromatic N) is 2. The summed E-state index contributed by atoms with van der Waals surface area (Å²) in [7, 11) is 4.20. The molecule has 2 aromatic carbocycles. The van der Waals surface area contributed by atoms with Crippen LogP contribution in [-0.4, -0.2) is 96.0 Å². The number of thioether (sulfide) groups is 2. The summed E-state index contributed by atoms with van der Waals surface area (Å²) in [6, 6.07) is 11.0. The normalized spacial score (nSPS) is 20.5.